The highest BCUT2D eigenvalue weighted by molar-refractivity contribution is 5.79. The summed E-state index contributed by atoms with van der Waals surface area (Å²) in [6, 6.07) is 15.0. The molecule has 2 N–H and O–H groups in total. The number of aryl methyl sites for hydroxylation is 1. The maximum absolute atomic E-state index is 11.6. The van der Waals surface area contributed by atoms with E-state index in [4.69, 9.17) is 4.74 Å². The fourth-order valence-corrected chi connectivity index (χ4v) is 2.33. The van der Waals surface area contributed by atoms with Crippen molar-refractivity contribution in [3.63, 3.8) is 0 Å². The molecule has 1 aromatic carbocycles. The van der Waals surface area contributed by atoms with Crippen LogP contribution in [-0.4, -0.2) is 37.3 Å². The molecule has 0 aliphatic heterocycles. The van der Waals surface area contributed by atoms with Crippen LogP contribution in [-0.2, 0) is 6.54 Å². The summed E-state index contributed by atoms with van der Waals surface area (Å²) in [7, 11) is 1.75. The molecule has 25 heavy (non-hydrogen) atoms. The zero-order valence-corrected chi connectivity index (χ0v) is 14.6. The molecule has 0 aliphatic carbocycles. The van der Waals surface area contributed by atoms with Gasteiger partial charge in [-0.05, 0) is 31.0 Å². The molecule has 0 amide bonds. The van der Waals surface area contributed by atoms with Crippen molar-refractivity contribution in [3.05, 3.63) is 65.1 Å². The Labute approximate surface area is 148 Å². The van der Waals surface area contributed by atoms with Crippen molar-refractivity contribution >= 4 is 5.96 Å². The minimum absolute atomic E-state index is 0.0475. The molecule has 0 spiro atoms. The minimum atomic E-state index is 0.0475. The SMILES string of the molecule is CN=C(NCCCCn1ccccc1=O)NCCOc1ccccc1. The lowest BCUT2D eigenvalue weighted by molar-refractivity contribution is 0.322. The number of benzene rings is 1. The number of aromatic nitrogens is 1. The van der Waals surface area contributed by atoms with E-state index < -0.39 is 0 Å². The average molecular weight is 342 g/mol. The lowest BCUT2D eigenvalue weighted by Crippen LogP contribution is -2.39. The number of nitrogens with one attached hydrogen (secondary N) is 2. The Morgan fingerprint density at radius 3 is 2.56 bits per heavy atom. The van der Waals surface area contributed by atoms with Gasteiger partial charge in [-0.3, -0.25) is 9.79 Å². The summed E-state index contributed by atoms with van der Waals surface area (Å²) in [4.78, 5) is 15.8. The summed E-state index contributed by atoms with van der Waals surface area (Å²) in [5, 5.41) is 6.48. The second-order valence-corrected chi connectivity index (χ2v) is 5.53. The summed E-state index contributed by atoms with van der Waals surface area (Å²) >= 11 is 0. The maximum atomic E-state index is 11.6. The van der Waals surface area contributed by atoms with Crippen LogP contribution >= 0.6 is 0 Å². The van der Waals surface area contributed by atoms with E-state index in [9.17, 15) is 4.79 Å². The van der Waals surface area contributed by atoms with Gasteiger partial charge in [-0.15, -0.1) is 0 Å². The second-order valence-electron chi connectivity index (χ2n) is 5.53. The predicted molar refractivity (Wildman–Crippen MR) is 101 cm³/mol. The Morgan fingerprint density at radius 1 is 1.04 bits per heavy atom. The molecule has 0 saturated heterocycles. The Kier molecular flexibility index (Phi) is 8.11. The lowest BCUT2D eigenvalue weighted by Gasteiger charge is -2.12. The quantitative estimate of drug-likeness (QED) is 0.415. The fourth-order valence-electron chi connectivity index (χ4n) is 2.33. The van der Waals surface area contributed by atoms with Crippen molar-refractivity contribution in [2.24, 2.45) is 4.99 Å². The molecular formula is C19H26N4O2. The molecular weight excluding hydrogens is 316 g/mol. The number of nitrogens with zero attached hydrogens (tertiary/aromatic N) is 2. The monoisotopic (exact) mass is 342 g/mol. The van der Waals surface area contributed by atoms with E-state index in [-0.39, 0.29) is 5.56 Å². The van der Waals surface area contributed by atoms with Crippen LogP contribution in [0.25, 0.3) is 0 Å². The van der Waals surface area contributed by atoms with Gasteiger partial charge in [0.1, 0.15) is 12.4 Å². The molecule has 0 unspecified atom stereocenters. The standard InChI is InChI=1S/C19H26N4O2/c1-20-19(22-13-16-25-17-9-3-2-4-10-17)21-12-6-8-15-23-14-7-5-11-18(23)24/h2-5,7,9-11,14H,6,8,12-13,15-16H2,1H3,(H2,20,21,22). The summed E-state index contributed by atoms with van der Waals surface area (Å²) in [5.74, 6) is 1.62. The Hall–Kier alpha value is -2.76. The van der Waals surface area contributed by atoms with Gasteiger partial charge in [0.15, 0.2) is 5.96 Å². The van der Waals surface area contributed by atoms with Gasteiger partial charge in [0.2, 0.25) is 5.56 Å². The number of hydrogen-bond acceptors (Lipinski definition) is 3. The van der Waals surface area contributed by atoms with E-state index >= 15 is 0 Å². The van der Waals surface area contributed by atoms with E-state index in [0.717, 1.165) is 37.6 Å². The minimum Gasteiger partial charge on any atom is -0.492 e. The van der Waals surface area contributed by atoms with Crippen molar-refractivity contribution in [2.45, 2.75) is 19.4 Å². The summed E-state index contributed by atoms with van der Waals surface area (Å²) in [6.45, 7) is 2.79. The number of ether oxygens (including phenoxy) is 1. The number of hydrogen-bond donors (Lipinski definition) is 2. The second kappa shape index (κ2) is 10.9. The number of aliphatic imine (C=N–C) groups is 1. The molecule has 0 aliphatic rings. The van der Waals surface area contributed by atoms with Crippen LogP contribution in [0.2, 0.25) is 0 Å². The first kappa shape index (κ1) is 18.6. The van der Waals surface area contributed by atoms with Gasteiger partial charge < -0.3 is 19.9 Å². The third kappa shape index (κ3) is 7.12. The molecule has 6 heteroatoms. The fraction of sp³-hybridized carbons (Fsp3) is 0.368. The summed E-state index contributed by atoms with van der Waals surface area (Å²) < 4.78 is 7.36. The highest BCUT2D eigenvalue weighted by atomic mass is 16.5. The molecule has 2 rings (SSSR count). The molecule has 1 heterocycles. The number of pyridine rings is 1. The number of unbranched alkanes of at least 4 members (excludes halogenated alkanes) is 1. The number of rotatable bonds is 9. The van der Waals surface area contributed by atoms with Crippen molar-refractivity contribution in [1.29, 1.82) is 0 Å². The van der Waals surface area contributed by atoms with Gasteiger partial charge in [-0.25, -0.2) is 0 Å². The summed E-state index contributed by atoms with van der Waals surface area (Å²) in [5.41, 5.74) is 0.0475. The van der Waals surface area contributed by atoms with Gasteiger partial charge in [0.05, 0.1) is 6.54 Å². The molecule has 134 valence electrons. The van der Waals surface area contributed by atoms with Crippen LogP contribution in [0.5, 0.6) is 5.75 Å². The highest BCUT2D eigenvalue weighted by Crippen LogP contribution is 2.07. The topological polar surface area (TPSA) is 67.7 Å². The smallest absolute Gasteiger partial charge is 0.250 e. The highest BCUT2D eigenvalue weighted by Gasteiger charge is 1.98. The van der Waals surface area contributed by atoms with E-state index in [2.05, 4.69) is 15.6 Å². The molecule has 0 saturated carbocycles. The average Bonchev–Trinajstić information content (AvgIpc) is 2.65. The van der Waals surface area contributed by atoms with E-state index in [1.54, 1.807) is 23.7 Å². The van der Waals surface area contributed by atoms with Crippen LogP contribution in [0.15, 0.2) is 64.5 Å². The molecule has 0 fully saturated rings. The van der Waals surface area contributed by atoms with Crippen molar-refractivity contribution in [2.75, 3.05) is 26.7 Å². The van der Waals surface area contributed by atoms with Gasteiger partial charge in [-0.2, -0.15) is 0 Å². The zero-order valence-electron chi connectivity index (χ0n) is 14.6. The van der Waals surface area contributed by atoms with E-state index in [0.29, 0.717) is 13.2 Å². The molecule has 0 atom stereocenters. The third-order valence-electron chi connectivity index (χ3n) is 3.65. The van der Waals surface area contributed by atoms with Gasteiger partial charge in [0.25, 0.3) is 0 Å². The van der Waals surface area contributed by atoms with Crippen LogP contribution in [0.3, 0.4) is 0 Å². The zero-order chi connectivity index (χ0) is 17.7. The molecule has 0 radical (unpaired) electrons. The Bertz CT molecular complexity index is 698. The van der Waals surface area contributed by atoms with Crippen molar-refractivity contribution in [1.82, 2.24) is 15.2 Å². The predicted octanol–water partition coefficient (Wildman–Crippen LogP) is 1.87. The molecule has 2 aromatic rings. The lowest BCUT2D eigenvalue weighted by atomic mass is 10.3. The van der Waals surface area contributed by atoms with Gasteiger partial charge >= 0.3 is 0 Å². The van der Waals surface area contributed by atoms with Gasteiger partial charge in [0, 0.05) is 32.4 Å². The van der Waals surface area contributed by atoms with Gasteiger partial charge in [-0.1, -0.05) is 24.3 Å². The summed E-state index contributed by atoms with van der Waals surface area (Å²) in [6.07, 6.45) is 3.72. The Balaban J connectivity index is 1.56. The van der Waals surface area contributed by atoms with Crippen LogP contribution in [0.4, 0.5) is 0 Å². The third-order valence-corrected chi connectivity index (χ3v) is 3.65. The van der Waals surface area contributed by atoms with Crippen LogP contribution < -0.4 is 20.9 Å². The number of guanidine groups is 1. The molecule has 6 nitrogen and oxygen atoms in total. The van der Waals surface area contributed by atoms with Crippen molar-refractivity contribution < 1.29 is 4.74 Å². The largest absolute Gasteiger partial charge is 0.492 e. The number of para-hydroxylation sites is 1. The van der Waals surface area contributed by atoms with Crippen molar-refractivity contribution in [3.8, 4) is 5.75 Å². The van der Waals surface area contributed by atoms with Crippen LogP contribution in [0, 0.1) is 0 Å². The first-order valence-corrected chi connectivity index (χ1v) is 8.57. The normalized spacial score (nSPS) is 11.2. The molecule has 0 bridgehead atoms. The van der Waals surface area contributed by atoms with Crippen LogP contribution in [0.1, 0.15) is 12.8 Å². The first-order chi connectivity index (χ1) is 12.3. The molecule has 1 aromatic heterocycles. The van der Waals surface area contributed by atoms with E-state index in [1.807, 2.05) is 42.6 Å². The maximum Gasteiger partial charge on any atom is 0.250 e. The Morgan fingerprint density at radius 2 is 1.80 bits per heavy atom. The van der Waals surface area contributed by atoms with E-state index in [1.165, 1.54) is 0 Å². The first-order valence-electron chi connectivity index (χ1n) is 8.57.